The summed E-state index contributed by atoms with van der Waals surface area (Å²) >= 11 is 0. The average Bonchev–Trinajstić information content (AvgIpc) is 2.70. The molecule has 1 saturated heterocycles. The maximum absolute atomic E-state index is 10.0. The third-order valence-electron chi connectivity index (χ3n) is 3.29. The molecule has 2 rings (SSSR count). The third-order valence-corrected chi connectivity index (χ3v) is 3.29. The Hall–Kier alpha value is -0.870. The topological polar surface area (TPSA) is 58.1 Å². The van der Waals surface area contributed by atoms with Gasteiger partial charge in [-0.1, -0.05) is 6.92 Å². The molecular weight excluding hydrogens is 192 g/mol. The Bertz CT molecular complexity index is 292. The van der Waals surface area contributed by atoms with Crippen LogP contribution in [0.2, 0.25) is 0 Å². The average molecular weight is 210 g/mol. The monoisotopic (exact) mass is 210 g/mol. The first-order valence-corrected chi connectivity index (χ1v) is 5.44. The van der Waals surface area contributed by atoms with Crippen LogP contribution in [-0.4, -0.2) is 28.5 Å². The summed E-state index contributed by atoms with van der Waals surface area (Å²) in [7, 11) is 0. The van der Waals surface area contributed by atoms with E-state index < -0.39 is 6.10 Å². The Labute approximate surface area is 89.7 Å². The van der Waals surface area contributed by atoms with Crippen LogP contribution in [0.5, 0.6) is 0 Å². The van der Waals surface area contributed by atoms with Crippen molar-refractivity contribution in [2.24, 2.45) is 5.41 Å². The van der Waals surface area contributed by atoms with Gasteiger partial charge in [-0.15, -0.1) is 0 Å². The minimum absolute atomic E-state index is 0.203. The van der Waals surface area contributed by atoms with E-state index in [-0.39, 0.29) is 5.41 Å². The molecule has 4 nitrogen and oxygen atoms in total. The zero-order valence-corrected chi connectivity index (χ0v) is 9.07. The van der Waals surface area contributed by atoms with Crippen LogP contribution in [0.15, 0.2) is 12.4 Å². The molecule has 0 saturated carbocycles. The van der Waals surface area contributed by atoms with Crippen LogP contribution in [0.3, 0.4) is 0 Å². The summed E-state index contributed by atoms with van der Waals surface area (Å²) in [5.41, 5.74) is 1.08. The second-order valence-corrected chi connectivity index (χ2v) is 4.67. The molecule has 2 heterocycles. The number of hydrogen-bond donors (Lipinski definition) is 2. The second kappa shape index (κ2) is 4.33. The van der Waals surface area contributed by atoms with Crippen LogP contribution in [-0.2, 0) is 4.74 Å². The molecule has 1 unspecified atom stereocenters. The molecule has 15 heavy (non-hydrogen) atoms. The number of aliphatic hydroxyl groups is 1. The maximum Gasteiger partial charge on any atom is 0.0825 e. The number of aliphatic hydroxyl groups excluding tert-OH is 1. The molecule has 0 radical (unpaired) electrons. The van der Waals surface area contributed by atoms with Gasteiger partial charge >= 0.3 is 0 Å². The van der Waals surface area contributed by atoms with Crippen molar-refractivity contribution in [1.29, 1.82) is 0 Å². The zero-order valence-electron chi connectivity index (χ0n) is 9.07. The van der Waals surface area contributed by atoms with E-state index in [4.69, 9.17) is 4.74 Å². The van der Waals surface area contributed by atoms with Gasteiger partial charge in [-0.2, -0.15) is 5.10 Å². The van der Waals surface area contributed by atoms with Gasteiger partial charge in [0.05, 0.1) is 12.3 Å². The van der Waals surface area contributed by atoms with Crippen molar-refractivity contribution in [2.75, 3.05) is 13.2 Å². The molecular formula is C11H18N2O2. The van der Waals surface area contributed by atoms with Gasteiger partial charge in [0.1, 0.15) is 0 Å². The Balaban J connectivity index is 1.95. The predicted octanol–water partition coefficient (Wildman–Crippen LogP) is 1.65. The largest absolute Gasteiger partial charge is 0.388 e. The number of nitrogens with zero attached hydrogens (tertiary/aromatic N) is 1. The van der Waals surface area contributed by atoms with Gasteiger partial charge in [-0.05, 0) is 24.7 Å². The predicted molar refractivity (Wildman–Crippen MR) is 56.3 cm³/mol. The fourth-order valence-electron chi connectivity index (χ4n) is 2.10. The van der Waals surface area contributed by atoms with E-state index in [0.717, 1.165) is 38.0 Å². The van der Waals surface area contributed by atoms with Crippen molar-refractivity contribution >= 4 is 0 Å². The molecule has 2 N–H and O–H groups in total. The molecule has 0 aromatic carbocycles. The summed E-state index contributed by atoms with van der Waals surface area (Å²) in [6.07, 6.45) is 5.88. The number of rotatable bonds is 3. The van der Waals surface area contributed by atoms with E-state index in [1.807, 2.05) is 0 Å². The highest BCUT2D eigenvalue weighted by Gasteiger charge is 2.30. The highest BCUT2D eigenvalue weighted by atomic mass is 16.5. The maximum atomic E-state index is 10.0. The fourth-order valence-corrected chi connectivity index (χ4v) is 2.10. The van der Waals surface area contributed by atoms with Crippen molar-refractivity contribution in [3.63, 3.8) is 0 Å². The molecule has 4 heteroatoms. The lowest BCUT2D eigenvalue weighted by molar-refractivity contribution is -0.00437. The second-order valence-electron chi connectivity index (χ2n) is 4.67. The highest BCUT2D eigenvalue weighted by molar-refractivity contribution is 5.07. The van der Waals surface area contributed by atoms with Crippen LogP contribution in [0.1, 0.15) is 37.9 Å². The SMILES string of the molecule is CC1(CC(O)c2cn[nH]c2)CCOCC1. The number of ether oxygens (including phenoxy) is 1. The molecule has 1 aliphatic rings. The molecule has 1 atom stereocenters. The van der Waals surface area contributed by atoms with Gasteiger partial charge in [-0.25, -0.2) is 0 Å². The van der Waals surface area contributed by atoms with Gasteiger partial charge in [0, 0.05) is 25.0 Å². The number of aromatic amines is 1. The molecule has 1 aromatic heterocycles. The molecule has 0 aliphatic carbocycles. The number of nitrogens with one attached hydrogen (secondary N) is 1. The summed E-state index contributed by atoms with van der Waals surface area (Å²) in [6.45, 7) is 3.85. The Morgan fingerprint density at radius 1 is 1.60 bits per heavy atom. The van der Waals surface area contributed by atoms with Crippen molar-refractivity contribution in [2.45, 2.75) is 32.3 Å². The Kier molecular flexibility index (Phi) is 3.07. The van der Waals surface area contributed by atoms with Crippen molar-refractivity contribution < 1.29 is 9.84 Å². The molecule has 0 bridgehead atoms. The van der Waals surface area contributed by atoms with E-state index in [1.54, 1.807) is 12.4 Å². The zero-order chi connectivity index (χ0) is 10.7. The lowest BCUT2D eigenvalue weighted by Crippen LogP contribution is -2.28. The van der Waals surface area contributed by atoms with E-state index in [9.17, 15) is 5.11 Å². The van der Waals surface area contributed by atoms with Crippen LogP contribution >= 0.6 is 0 Å². The van der Waals surface area contributed by atoms with Gasteiger partial charge in [0.25, 0.3) is 0 Å². The van der Waals surface area contributed by atoms with Crippen LogP contribution in [0.25, 0.3) is 0 Å². The molecule has 0 spiro atoms. The van der Waals surface area contributed by atoms with Gasteiger partial charge in [0.15, 0.2) is 0 Å². The minimum atomic E-state index is -0.410. The van der Waals surface area contributed by atoms with E-state index in [1.165, 1.54) is 0 Å². The van der Waals surface area contributed by atoms with Crippen molar-refractivity contribution in [3.8, 4) is 0 Å². The van der Waals surface area contributed by atoms with Crippen molar-refractivity contribution in [3.05, 3.63) is 18.0 Å². The highest BCUT2D eigenvalue weighted by Crippen LogP contribution is 2.38. The first-order valence-electron chi connectivity index (χ1n) is 5.44. The standard InChI is InChI=1S/C11H18N2O2/c1-11(2-4-15-5-3-11)6-10(14)9-7-12-13-8-9/h7-8,10,14H,2-6H2,1H3,(H,12,13). The Morgan fingerprint density at radius 3 is 2.93 bits per heavy atom. The first-order chi connectivity index (χ1) is 7.20. The number of H-pyrrole nitrogens is 1. The summed E-state index contributed by atoms with van der Waals surface area (Å²) in [4.78, 5) is 0. The van der Waals surface area contributed by atoms with Gasteiger partial charge in [-0.3, -0.25) is 5.10 Å². The lowest BCUT2D eigenvalue weighted by Gasteiger charge is -2.34. The third kappa shape index (κ3) is 2.58. The molecule has 84 valence electrons. The van der Waals surface area contributed by atoms with E-state index >= 15 is 0 Å². The van der Waals surface area contributed by atoms with Gasteiger partial charge in [0.2, 0.25) is 0 Å². The van der Waals surface area contributed by atoms with Crippen LogP contribution in [0.4, 0.5) is 0 Å². The summed E-state index contributed by atoms with van der Waals surface area (Å²) < 4.78 is 5.34. The van der Waals surface area contributed by atoms with Crippen molar-refractivity contribution in [1.82, 2.24) is 10.2 Å². The van der Waals surface area contributed by atoms with Crippen LogP contribution < -0.4 is 0 Å². The number of hydrogen-bond acceptors (Lipinski definition) is 3. The summed E-state index contributed by atoms with van der Waals surface area (Å²) in [5.74, 6) is 0. The lowest BCUT2D eigenvalue weighted by atomic mass is 9.77. The molecule has 1 aromatic rings. The normalized spacial score (nSPS) is 22.5. The first kappa shape index (κ1) is 10.6. The molecule has 1 fully saturated rings. The molecule has 0 amide bonds. The smallest absolute Gasteiger partial charge is 0.0825 e. The fraction of sp³-hybridized carbons (Fsp3) is 0.727. The number of aromatic nitrogens is 2. The quantitative estimate of drug-likeness (QED) is 0.797. The minimum Gasteiger partial charge on any atom is -0.388 e. The summed E-state index contributed by atoms with van der Waals surface area (Å²) in [6, 6.07) is 0. The Morgan fingerprint density at radius 2 is 2.33 bits per heavy atom. The van der Waals surface area contributed by atoms with E-state index in [2.05, 4.69) is 17.1 Å². The van der Waals surface area contributed by atoms with Crippen LogP contribution in [0, 0.1) is 5.41 Å². The summed E-state index contributed by atoms with van der Waals surface area (Å²) in [5, 5.41) is 16.6. The van der Waals surface area contributed by atoms with E-state index in [0.29, 0.717) is 0 Å². The van der Waals surface area contributed by atoms with Gasteiger partial charge < -0.3 is 9.84 Å². The molecule has 1 aliphatic heterocycles.